The molecule has 1 rings (SSSR count). The summed E-state index contributed by atoms with van der Waals surface area (Å²) in [6, 6.07) is 0.382. The third-order valence-electron chi connectivity index (χ3n) is 3.62. The van der Waals surface area contributed by atoms with Gasteiger partial charge in [0.1, 0.15) is 0 Å². The van der Waals surface area contributed by atoms with Crippen molar-refractivity contribution in [3.8, 4) is 0 Å². The van der Waals surface area contributed by atoms with E-state index in [0.29, 0.717) is 11.9 Å². The van der Waals surface area contributed by atoms with Crippen molar-refractivity contribution in [2.75, 3.05) is 6.54 Å². The van der Waals surface area contributed by atoms with Gasteiger partial charge >= 0.3 is 0 Å². The molecule has 1 unspecified atom stereocenters. The van der Waals surface area contributed by atoms with E-state index in [2.05, 4.69) is 27.7 Å². The van der Waals surface area contributed by atoms with Crippen molar-refractivity contribution in [1.29, 1.82) is 0 Å². The van der Waals surface area contributed by atoms with Crippen LogP contribution in [0.4, 0.5) is 0 Å². The molecule has 1 aliphatic heterocycles. The van der Waals surface area contributed by atoms with Crippen LogP contribution in [-0.2, 0) is 4.79 Å². The molecule has 1 heterocycles. The molecule has 0 bridgehead atoms. The second kappa shape index (κ2) is 3.69. The number of carbonyl (C=O) groups excluding carboxylic acids is 1. The highest BCUT2D eigenvalue weighted by molar-refractivity contribution is 5.78. The molecule has 0 aromatic rings. The zero-order valence-corrected chi connectivity index (χ0v) is 9.26. The summed E-state index contributed by atoms with van der Waals surface area (Å²) in [7, 11) is 0. The Hall–Kier alpha value is -0.530. The third-order valence-corrected chi connectivity index (χ3v) is 3.62. The van der Waals surface area contributed by atoms with E-state index in [9.17, 15) is 4.79 Å². The molecule has 1 fully saturated rings. The number of nitrogens with zero attached hydrogens (tertiary/aromatic N) is 1. The largest absolute Gasteiger partial charge is 0.339 e. The summed E-state index contributed by atoms with van der Waals surface area (Å²) in [5.74, 6) is 0.342. The summed E-state index contributed by atoms with van der Waals surface area (Å²) in [6.45, 7) is 9.81. The van der Waals surface area contributed by atoms with Gasteiger partial charge < -0.3 is 4.90 Å². The van der Waals surface area contributed by atoms with Crippen molar-refractivity contribution in [1.82, 2.24) is 4.90 Å². The van der Waals surface area contributed by atoms with Gasteiger partial charge in [-0.25, -0.2) is 0 Å². The van der Waals surface area contributed by atoms with Crippen molar-refractivity contribution in [2.45, 2.75) is 53.0 Å². The summed E-state index contributed by atoms with van der Waals surface area (Å²) in [5.41, 5.74) is 0.250. The zero-order chi connectivity index (χ0) is 10.1. The fraction of sp³-hybridized carbons (Fsp3) is 0.909. The Labute approximate surface area is 81.3 Å². The van der Waals surface area contributed by atoms with Gasteiger partial charge in [-0.2, -0.15) is 0 Å². The molecule has 1 aliphatic rings. The number of hydrogen-bond donors (Lipinski definition) is 0. The quantitative estimate of drug-likeness (QED) is 0.658. The second-order valence-corrected chi connectivity index (χ2v) is 4.71. The first kappa shape index (κ1) is 10.6. The molecule has 0 spiro atoms. The lowest BCUT2D eigenvalue weighted by atomic mass is 9.82. The van der Waals surface area contributed by atoms with Gasteiger partial charge in [0, 0.05) is 19.0 Å². The molecule has 2 nitrogen and oxygen atoms in total. The van der Waals surface area contributed by atoms with E-state index in [1.807, 2.05) is 4.90 Å². The van der Waals surface area contributed by atoms with Crippen LogP contribution in [0.1, 0.15) is 47.0 Å². The van der Waals surface area contributed by atoms with Crippen molar-refractivity contribution in [3.63, 3.8) is 0 Å². The van der Waals surface area contributed by atoms with Gasteiger partial charge in [-0.05, 0) is 25.2 Å². The van der Waals surface area contributed by atoms with E-state index in [4.69, 9.17) is 0 Å². The molecule has 0 aromatic carbocycles. The highest BCUT2D eigenvalue weighted by Gasteiger charge is 2.33. The van der Waals surface area contributed by atoms with E-state index < -0.39 is 0 Å². The van der Waals surface area contributed by atoms with Crippen molar-refractivity contribution in [3.05, 3.63) is 0 Å². The van der Waals surface area contributed by atoms with Crippen LogP contribution in [0.3, 0.4) is 0 Å². The summed E-state index contributed by atoms with van der Waals surface area (Å²) < 4.78 is 0. The van der Waals surface area contributed by atoms with Gasteiger partial charge in [0.2, 0.25) is 5.91 Å². The van der Waals surface area contributed by atoms with Gasteiger partial charge in [0.05, 0.1) is 0 Å². The lowest BCUT2D eigenvalue weighted by Crippen LogP contribution is -2.43. The van der Waals surface area contributed by atoms with Crippen molar-refractivity contribution in [2.24, 2.45) is 5.41 Å². The predicted octanol–water partition coefficient (Wildman–Crippen LogP) is 2.43. The average Bonchev–Trinajstić information content (AvgIpc) is 2.50. The van der Waals surface area contributed by atoms with E-state index >= 15 is 0 Å². The molecule has 13 heavy (non-hydrogen) atoms. The molecule has 0 aliphatic carbocycles. The number of likely N-dealkylation sites (tertiary alicyclic amines) is 1. The molecule has 0 N–H and O–H groups in total. The third kappa shape index (κ3) is 2.04. The highest BCUT2D eigenvalue weighted by Crippen LogP contribution is 2.30. The Kier molecular flexibility index (Phi) is 2.99. The molecular formula is C11H21NO. The molecule has 1 saturated heterocycles. The maximum Gasteiger partial charge on any atom is 0.222 e. The Morgan fingerprint density at radius 1 is 1.54 bits per heavy atom. The second-order valence-electron chi connectivity index (χ2n) is 4.71. The topological polar surface area (TPSA) is 20.3 Å². The van der Waals surface area contributed by atoms with E-state index in [1.54, 1.807) is 0 Å². The van der Waals surface area contributed by atoms with Gasteiger partial charge in [0.15, 0.2) is 0 Å². The zero-order valence-electron chi connectivity index (χ0n) is 9.26. The number of rotatable bonds is 3. The van der Waals surface area contributed by atoms with Crippen LogP contribution >= 0.6 is 0 Å². The van der Waals surface area contributed by atoms with Crippen LogP contribution in [0.2, 0.25) is 0 Å². The van der Waals surface area contributed by atoms with Crippen LogP contribution in [0.15, 0.2) is 0 Å². The smallest absolute Gasteiger partial charge is 0.222 e. The van der Waals surface area contributed by atoms with Crippen LogP contribution in [0, 0.1) is 5.41 Å². The summed E-state index contributed by atoms with van der Waals surface area (Å²) >= 11 is 0. The van der Waals surface area contributed by atoms with Gasteiger partial charge in [-0.1, -0.05) is 20.8 Å². The van der Waals surface area contributed by atoms with E-state index in [-0.39, 0.29) is 5.41 Å². The maximum atomic E-state index is 11.5. The van der Waals surface area contributed by atoms with E-state index in [1.165, 1.54) is 0 Å². The monoisotopic (exact) mass is 183 g/mol. The predicted molar refractivity (Wildman–Crippen MR) is 54.5 cm³/mol. The first-order valence-corrected chi connectivity index (χ1v) is 5.28. The summed E-state index contributed by atoms with van der Waals surface area (Å²) in [4.78, 5) is 13.5. The number of amides is 1. The van der Waals surface area contributed by atoms with Gasteiger partial charge in [-0.15, -0.1) is 0 Å². The Morgan fingerprint density at radius 2 is 2.15 bits per heavy atom. The minimum atomic E-state index is 0.250. The van der Waals surface area contributed by atoms with E-state index in [0.717, 1.165) is 25.8 Å². The fourth-order valence-corrected chi connectivity index (χ4v) is 1.80. The first-order valence-electron chi connectivity index (χ1n) is 5.28. The molecule has 76 valence electrons. The van der Waals surface area contributed by atoms with Crippen LogP contribution in [0.5, 0.6) is 0 Å². The number of hydrogen-bond acceptors (Lipinski definition) is 1. The van der Waals surface area contributed by atoms with Gasteiger partial charge in [-0.3, -0.25) is 4.79 Å². The number of carbonyl (C=O) groups is 1. The first-order chi connectivity index (χ1) is 5.99. The van der Waals surface area contributed by atoms with Crippen LogP contribution < -0.4 is 0 Å². The SMILES string of the molecule is CCC(C)(C)C(C)N1CCCC1=O. The van der Waals surface area contributed by atoms with Crippen LogP contribution in [0.25, 0.3) is 0 Å². The Morgan fingerprint density at radius 3 is 2.54 bits per heavy atom. The van der Waals surface area contributed by atoms with Crippen molar-refractivity contribution >= 4 is 5.91 Å². The standard InChI is InChI=1S/C11H21NO/c1-5-11(3,4)9(2)12-8-6-7-10(12)13/h9H,5-8H2,1-4H3. The van der Waals surface area contributed by atoms with Crippen molar-refractivity contribution < 1.29 is 4.79 Å². The Balaban J connectivity index is 2.66. The highest BCUT2D eigenvalue weighted by atomic mass is 16.2. The molecule has 0 radical (unpaired) electrons. The molecule has 1 atom stereocenters. The minimum absolute atomic E-state index is 0.250. The lowest BCUT2D eigenvalue weighted by molar-refractivity contribution is -0.131. The molecular weight excluding hydrogens is 162 g/mol. The fourth-order valence-electron chi connectivity index (χ4n) is 1.80. The summed E-state index contributed by atoms with van der Waals surface area (Å²) in [6.07, 6.45) is 2.92. The van der Waals surface area contributed by atoms with Crippen LogP contribution in [-0.4, -0.2) is 23.4 Å². The van der Waals surface area contributed by atoms with Gasteiger partial charge in [0.25, 0.3) is 0 Å². The minimum Gasteiger partial charge on any atom is -0.339 e. The molecule has 1 amide bonds. The normalized spacial score (nSPS) is 20.9. The Bertz CT molecular complexity index is 198. The maximum absolute atomic E-state index is 11.5. The molecule has 0 saturated carbocycles. The molecule has 0 aromatic heterocycles. The average molecular weight is 183 g/mol. The summed E-state index contributed by atoms with van der Waals surface area (Å²) in [5, 5.41) is 0. The lowest BCUT2D eigenvalue weighted by Gasteiger charge is -2.37. The molecule has 2 heteroatoms.